The number of rotatable bonds is 3. The molecule has 1 aromatic carbocycles. The molecule has 1 rings (SSSR count). The van der Waals surface area contributed by atoms with Crippen LogP contribution in [0.2, 0.25) is 0 Å². The first kappa shape index (κ1) is 12.9. The van der Waals surface area contributed by atoms with Crippen molar-refractivity contribution in [2.75, 3.05) is 14.2 Å². The van der Waals surface area contributed by atoms with E-state index in [2.05, 4.69) is 0 Å². The van der Waals surface area contributed by atoms with Crippen molar-refractivity contribution in [3.63, 3.8) is 0 Å². The number of carbonyl (C=O) groups excluding carboxylic acids is 1. The van der Waals surface area contributed by atoms with Crippen LogP contribution in [0.25, 0.3) is 0 Å². The summed E-state index contributed by atoms with van der Waals surface area (Å²) in [6, 6.07) is 4.27. The van der Waals surface area contributed by atoms with Crippen LogP contribution < -0.4 is 33.4 Å². The maximum absolute atomic E-state index is 10.5. The Balaban J connectivity index is 0.00000169. The molecular formula is C9H9LiO4. The van der Waals surface area contributed by atoms with Crippen LogP contribution >= 0.6 is 0 Å². The third kappa shape index (κ3) is 2.69. The van der Waals surface area contributed by atoms with Crippen molar-refractivity contribution in [2.45, 2.75) is 0 Å². The molecule has 0 aromatic heterocycles. The van der Waals surface area contributed by atoms with E-state index < -0.39 is 5.97 Å². The third-order valence-electron chi connectivity index (χ3n) is 1.62. The van der Waals surface area contributed by atoms with Crippen LogP contribution in [-0.4, -0.2) is 20.2 Å². The average molecular weight is 188 g/mol. The van der Waals surface area contributed by atoms with Crippen LogP contribution in [0.15, 0.2) is 18.2 Å². The van der Waals surface area contributed by atoms with E-state index >= 15 is 0 Å². The first-order valence-electron chi connectivity index (χ1n) is 3.62. The molecule has 4 nitrogen and oxygen atoms in total. The van der Waals surface area contributed by atoms with E-state index in [4.69, 9.17) is 9.47 Å². The summed E-state index contributed by atoms with van der Waals surface area (Å²) < 4.78 is 9.84. The topological polar surface area (TPSA) is 58.6 Å². The number of hydrogen-bond donors (Lipinski definition) is 0. The van der Waals surface area contributed by atoms with Crippen molar-refractivity contribution >= 4 is 5.97 Å². The number of benzene rings is 1. The van der Waals surface area contributed by atoms with Crippen LogP contribution in [-0.2, 0) is 0 Å². The second-order valence-corrected chi connectivity index (χ2v) is 2.36. The zero-order chi connectivity index (χ0) is 9.84. The average Bonchev–Trinajstić information content (AvgIpc) is 2.16. The van der Waals surface area contributed by atoms with Crippen molar-refractivity contribution < 1.29 is 38.2 Å². The molecule has 1 aromatic rings. The first-order valence-corrected chi connectivity index (χ1v) is 3.62. The van der Waals surface area contributed by atoms with E-state index in [1.165, 1.54) is 32.4 Å². The van der Waals surface area contributed by atoms with Crippen LogP contribution in [0.3, 0.4) is 0 Å². The number of carboxylic acid groups (broad SMARTS) is 1. The van der Waals surface area contributed by atoms with Crippen LogP contribution in [0.4, 0.5) is 0 Å². The summed E-state index contributed by atoms with van der Waals surface area (Å²) >= 11 is 0. The van der Waals surface area contributed by atoms with E-state index in [0.717, 1.165) is 0 Å². The Hall–Kier alpha value is -1.11. The molecule has 0 aliphatic heterocycles. The number of carboxylic acids is 1. The zero-order valence-corrected chi connectivity index (χ0v) is 8.37. The molecule has 0 N–H and O–H groups in total. The normalized spacial score (nSPS) is 8.71. The molecule has 0 bridgehead atoms. The molecule has 0 saturated heterocycles. The number of aromatic carboxylic acids is 1. The molecule has 0 atom stereocenters. The van der Waals surface area contributed by atoms with Gasteiger partial charge in [-0.2, -0.15) is 0 Å². The van der Waals surface area contributed by atoms with E-state index in [0.29, 0.717) is 11.5 Å². The summed E-state index contributed by atoms with van der Waals surface area (Å²) in [4.78, 5) is 10.5. The van der Waals surface area contributed by atoms with E-state index in [1.807, 2.05) is 0 Å². The SMILES string of the molecule is COc1ccc(C(=O)[O-])cc1OC.[Li+]. The number of carbonyl (C=O) groups is 1. The van der Waals surface area contributed by atoms with Crippen molar-refractivity contribution in [3.8, 4) is 11.5 Å². The maximum Gasteiger partial charge on any atom is 1.00 e. The van der Waals surface area contributed by atoms with Crippen molar-refractivity contribution in [3.05, 3.63) is 23.8 Å². The van der Waals surface area contributed by atoms with Gasteiger partial charge >= 0.3 is 18.9 Å². The summed E-state index contributed by atoms with van der Waals surface area (Å²) in [5.41, 5.74) is 0.0673. The predicted octanol–water partition coefficient (Wildman–Crippen LogP) is -2.93. The molecule has 70 valence electrons. The molecule has 14 heavy (non-hydrogen) atoms. The Kier molecular flexibility index (Phi) is 5.14. The van der Waals surface area contributed by atoms with Gasteiger partial charge < -0.3 is 19.4 Å². The minimum atomic E-state index is -1.24. The van der Waals surface area contributed by atoms with Gasteiger partial charge in [0.15, 0.2) is 11.5 Å². The van der Waals surface area contributed by atoms with Gasteiger partial charge in [-0.3, -0.25) is 0 Å². The molecule has 0 aliphatic carbocycles. The summed E-state index contributed by atoms with van der Waals surface area (Å²) in [6.45, 7) is 0. The van der Waals surface area contributed by atoms with Gasteiger partial charge in [-0.15, -0.1) is 0 Å². The summed E-state index contributed by atoms with van der Waals surface area (Å²) in [5.74, 6) is -0.363. The van der Waals surface area contributed by atoms with Gasteiger partial charge in [0.2, 0.25) is 0 Å². The number of methoxy groups -OCH3 is 2. The monoisotopic (exact) mass is 188 g/mol. The molecule has 0 amide bonds. The van der Waals surface area contributed by atoms with Crippen LogP contribution in [0, 0.1) is 0 Å². The quantitative estimate of drug-likeness (QED) is 0.476. The fourth-order valence-electron chi connectivity index (χ4n) is 0.963. The van der Waals surface area contributed by atoms with Gasteiger partial charge in [0.25, 0.3) is 0 Å². The molecular weight excluding hydrogens is 179 g/mol. The summed E-state index contributed by atoms with van der Waals surface area (Å²) in [6.07, 6.45) is 0. The third-order valence-corrected chi connectivity index (χ3v) is 1.62. The maximum atomic E-state index is 10.5. The van der Waals surface area contributed by atoms with Gasteiger partial charge in [-0.25, -0.2) is 0 Å². The van der Waals surface area contributed by atoms with Crippen molar-refractivity contribution in [2.24, 2.45) is 0 Å². The fourth-order valence-corrected chi connectivity index (χ4v) is 0.963. The minimum absolute atomic E-state index is 0. The van der Waals surface area contributed by atoms with E-state index in [1.54, 1.807) is 0 Å². The number of hydrogen-bond acceptors (Lipinski definition) is 4. The second-order valence-electron chi connectivity index (χ2n) is 2.36. The van der Waals surface area contributed by atoms with Gasteiger partial charge in [0, 0.05) is 5.56 Å². The molecule has 0 spiro atoms. The predicted molar refractivity (Wildman–Crippen MR) is 43.9 cm³/mol. The fraction of sp³-hybridized carbons (Fsp3) is 0.222. The van der Waals surface area contributed by atoms with Gasteiger partial charge in [0.05, 0.1) is 20.2 Å². The second kappa shape index (κ2) is 5.58. The number of ether oxygens (including phenoxy) is 2. The Morgan fingerprint density at radius 2 is 1.79 bits per heavy atom. The van der Waals surface area contributed by atoms with Gasteiger partial charge in [-0.05, 0) is 18.2 Å². The van der Waals surface area contributed by atoms with Crippen molar-refractivity contribution in [1.82, 2.24) is 0 Å². The van der Waals surface area contributed by atoms with E-state index in [-0.39, 0.29) is 24.4 Å². The molecule has 0 unspecified atom stereocenters. The van der Waals surface area contributed by atoms with Crippen molar-refractivity contribution in [1.29, 1.82) is 0 Å². The molecule has 0 saturated carbocycles. The van der Waals surface area contributed by atoms with Gasteiger partial charge in [-0.1, -0.05) is 0 Å². The van der Waals surface area contributed by atoms with E-state index in [9.17, 15) is 9.90 Å². The molecule has 0 aliphatic rings. The van der Waals surface area contributed by atoms with Crippen LogP contribution in [0.5, 0.6) is 11.5 Å². The Morgan fingerprint density at radius 3 is 2.21 bits per heavy atom. The smallest absolute Gasteiger partial charge is 0.545 e. The largest absolute Gasteiger partial charge is 1.00 e. The Bertz CT molecular complexity index is 325. The molecule has 0 radical (unpaired) electrons. The minimum Gasteiger partial charge on any atom is -0.545 e. The Morgan fingerprint density at radius 1 is 1.21 bits per heavy atom. The molecule has 5 heteroatoms. The molecule has 0 heterocycles. The molecule has 0 fully saturated rings. The van der Waals surface area contributed by atoms with Crippen LogP contribution in [0.1, 0.15) is 10.4 Å². The first-order chi connectivity index (χ1) is 6.19. The zero-order valence-electron chi connectivity index (χ0n) is 8.37. The summed E-state index contributed by atoms with van der Waals surface area (Å²) in [7, 11) is 2.92. The summed E-state index contributed by atoms with van der Waals surface area (Å²) in [5, 5.41) is 10.5. The standard InChI is InChI=1S/C9H10O4.Li/c1-12-7-4-3-6(9(10)11)5-8(7)13-2;/h3-5H,1-2H3,(H,10,11);/q;+1/p-1. The van der Waals surface area contributed by atoms with Gasteiger partial charge in [0.1, 0.15) is 0 Å². The Labute approximate surface area is 94.0 Å².